The summed E-state index contributed by atoms with van der Waals surface area (Å²) in [4.78, 5) is 25.3. The van der Waals surface area contributed by atoms with Gasteiger partial charge in [0.25, 0.3) is 0 Å². The minimum absolute atomic E-state index is 0.296. The third-order valence-corrected chi connectivity index (χ3v) is 4.73. The predicted octanol–water partition coefficient (Wildman–Crippen LogP) is 4.87. The Hall–Kier alpha value is -1.84. The van der Waals surface area contributed by atoms with Crippen molar-refractivity contribution in [1.29, 1.82) is 0 Å². The molecule has 25 heavy (non-hydrogen) atoms. The molecule has 0 unspecified atom stereocenters. The van der Waals surface area contributed by atoms with Gasteiger partial charge in [-0.1, -0.05) is 44.2 Å². The lowest BCUT2D eigenvalue weighted by Crippen LogP contribution is -2.19. The Bertz CT molecular complexity index is 541. The third-order valence-electron chi connectivity index (χ3n) is 4.73. The first-order chi connectivity index (χ1) is 12.2. The molecule has 1 aromatic rings. The van der Waals surface area contributed by atoms with Crippen LogP contribution in [0.25, 0.3) is 0 Å². The van der Waals surface area contributed by atoms with Gasteiger partial charge in [-0.05, 0) is 50.7 Å². The van der Waals surface area contributed by atoms with Gasteiger partial charge in [0.05, 0.1) is 24.3 Å². The molecule has 0 radical (unpaired) electrons. The summed E-state index contributed by atoms with van der Waals surface area (Å²) in [5.74, 6) is -0.811. The molecule has 0 aromatic heterocycles. The quantitative estimate of drug-likeness (QED) is 0.730. The van der Waals surface area contributed by atoms with E-state index in [1.54, 1.807) is 13.8 Å². The Labute approximate surface area is 150 Å². The first-order valence-electron chi connectivity index (χ1n) is 9.68. The fourth-order valence-corrected chi connectivity index (χ4v) is 3.49. The number of ether oxygens (including phenoxy) is 2. The van der Waals surface area contributed by atoms with Gasteiger partial charge in [0.15, 0.2) is 0 Å². The zero-order valence-corrected chi connectivity index (χ0v) is 15.6. The van der Waals surface area contributed by atoms with Crippen LogP contribution in [0.15, 0.2) is 12.1 Å². The molecule has 0 fully saturated rings. The van der Waals surface area contributed by atoms with Crippen LogP contribution in [0.3, 0.4) is 0 Å². The first-order valence-corrected chi connectivity index (χ1v) is 9.68. The summed E-state index contributed by atoms with van der Waals surface area (Å²) in [5.41, 5.74) is 2.67. The summed E-state index contributed by atoms with van der Waals surface area (Å²) in [5, 5.41) is 0. The van der Waals surface area contributed by atoms with Crippen LogP contribution >= 0.6 is 0 Å². The molecular weight excluding hydrogens is 316 g/mol. The molecule has 1 aromatic carbocycles. The van der Waals surface area contributed by atoms with Crippen molar-refractivity contribution in [3.05, 3.63) is 34.4 Å². The SMILES string of the molecule is CCOC(=O)c1c2ccc(c1C(=O)OCC)CCCCCCCCC2. The Morgan fingerprint density at radius 3 is 1.44 bits per heavy atom. The van der Waals surface area contributed by atoms with Gasteiger partial charge in [0.1, 0.15) is 0 Å². The molecule has 3 rings (SSSR count). The summed E-state index contributed by atoms with van der Waals surface area (Å²) in [6.07, 6.45) is 9.66. The van der Waals surface area contributed by atoms with E-state index >= 15 is 0 Å². The zero-order valence-electron chi connectivity index (χ0n) is 15.6. The van der Waals surface area contributed by atoms with Crippen molar-refractivity contribution in [1.82, 2.24) is 0 Å². The number of fused-ring (bicyclic) bond motifs is 10. The summed E-state index contributed by atoms with van der Waals surface area (Å²) in [6.45, 7) is 4.16. The lowest BCUT2D eigenvalue weighted by molar-refractivity contribution is 0.0476. The van der Waals surface area contributed by atoms with Crippen LogP contribution in [0.5, 0.6) is 0 Å². The van der Waals surface area contributed by atoms with Crippen LogP contribution in [0, 0.1) is 0 Å². The van der Waals surface area contributed by atoms with Gasteiger partial charge in [-0.2, -0.15) is 0 Å². The maximum Gasteiger partial charge on any atom is 0.339 e. The Morgan fingerprint density at radius 1 is 0.720 bits per heavy atom. The van der Waals surface area contributed by atoms with E-state index in [4.69, 9.17) is 9.47 Å². The Balaban J connectivity index is 2.50. The van der Waals surface area contributed by atoms with Crippen molar-refractivity contribution < 1.29 is 19.1 Å². The highest BCUT2D eigenvalue weighted by atomic mass is 16.5. The summed E-state index contributed by atoms with van der Waals surface area (Å²) in [7, 11) is 0. The van der Waals surface area contributed by atoms with Crippen molar-refractivity contribution >= 4 is 11.9 Å². The lowest BCUT2D eigenvalue weighted by atomic mass is 9.91. The Kier molecular flexibility index (Phi) is 7.96. The number of rotatable bonds is 4. The van der Waals surface area contributed by atoms with E-state index in [9.17, 15) is 9.59 Å². The summed E-state index contributed by atoms with van der Waals surface area (Å²) < 4.78 is 10.5. The van der Waals surface area contributed by atoms with Crippen LogP contribution in [0.4, 0.5) is 0 Å². The largest absolute Gasteiger partial charge is 0.462 e. The van der Waals surface area contributed by atoms with Crippen molar-refractivity contribution in [2.24, 2.45) is 0 Å². The second-order valence-corrected chi connectivity index (χ2v) is 6.55. The molecule has 0 spiro atoms. The predicted molar refractivity (Wildman–Crippen MR) is 98.1 cm³/mol. The van der Waals surface area contributed by atoms with Crippen LogP contribution in [0.1, 0.15) is 90.6 Å². The molecule has 2 aliphatic carbocycles. The molecule has 2 aliphatic rings. The number of benzene rings is 1. The van der Waals surface area contributed by atoms with Crippen molar-refractivity contribution in [3.8, 4) is 0 Å². The molecule has 0 N–H and O–H groups in total. The molecule has 0 aliphatic heterocycles. The van der Waals surface area contributed by atoms with Crippen LogP contribution < -0.4 is 0 Å². The highest BCUT2D eigenvalue weighted by Gasteiger charge is 2.26. The average Bonchev–Trinajstić information content (AvgIpc) is 2.63. The van der Waals surface area contributed by atoms with Gasteiger partial charge in [-0.15, -0.1) is 0 Å². The van der Waals surface area contributed by atoms with Gasteiger partial charge in [-0.25, -0.2) is 9.59 Å². The van der Waals surface area contributed by atoms with E-state index in [2.05, 4.69) is 0 Å². The normalized spacial score (nSPS) is 15.6. The minimum Gasteiger partial charge on any atom is -0.462 e. The summed E-state index contributed by atoms with van der Waals surface area (Å²) >= 11 is 0. The Morgan fingerprint density at radius 2 is 1.08 bits per heavy atom. The average molecular weight is 346 g/mol. The van der Waals surface area contributed by atoms with Crippen molar-refractivity contribution in [2.75, 3.05) is 13.2 Å². The molecule has 0 heterocycles. The van der Waals surface area contributed by atoms with Crippen LogP contribution in [-0.4, -0.2) is 25.2 Å². The second kappa shape index (κ2) is 10.2. The third kappa shape index (κ3) is 5.32. The fraction of sp³-hybridized carbons (Fsp3) is 0.619. The minimum atomic E-state index is -0.405. The van der Waals surface area contributed by atoms with E-state index in [1.165, 1.54) is 19.3 Å². The van der Waals surface area contributed by atoms with Gasteiger partial charge in [0.2, 0.25) is 0 Å². The standard InChI is InChI=1S/C21H30O4/c1-3-24-20(22)18-16-12-10-8-6-5-7-9-11-13-17(15-14-16)19(18)21(23)25-4-2/h14-15H,3-13H2,1-2H3. The fourth-order valence-electron chi connectivity index (χ4n) is 3.49. The number of esters is 2. The highest BCUT2D eigenvalue weighted by Crippen LogP contribution is 2.26. The van der Waals surface area contributed by atoms with Gasteiger partial charge in [-0.3, -0.25) is 0 Å². The molecule has 138 valence electrons. The number of carbonyl (C=O) groups is 2. The topological polar surface area (TPSA) is 52.6 Å². The molecule has 0 saturated carbocycles. The van der Waals surface area contributed by atoms with E-state index in [1.807, 2.05) is 12.1 Å². The second-order valence-electron chi connectivity index (χ2n) is 6.55. The molecule has 2 bridgehead atoms. The number of carbonyl (C=O) groups excluding carboxylic acids is 2. The van der Waals surface area contributed by atoms with Gasteiger partial charge >= 0.3 is 11.9 Å². The highest BCUT2D eigenvalue weighted by molar-refractivity contribution is 6.05. The monoisotopic (exact) mass is 346 g/mol. The lowest BCUT2D eigenvalue weighted by Gasteiger charge is -2.17. The van der Waals surface area contributed by atoms with E-state index in [0.717, 1.165) is 49.7 Å². The van der Waals surface area contributed by atoms with Crippen LogP contribution in [0.2, 0.25) is 0 Å². The van der Waals surface area contributed by atoms with Gasteiger partial charge < -0.3 is 9.47 Å². The van der Waals surface area contributed by atoms with E-state index in [-0.39, 0.29) is 0 Å². The zero-order chi connectivity index (χ0) is 18.1. The summed E-state index contributed by atoms with van der Waals surface area (Å²) in [6, 6.07) is 4.00. The maximum absolute atomic E-state index is 12.6. The number of hydrogen-bond donors (Lipinski definition) is 0. The number of hydrogen-bond acceptors (Lipinski definition) is 4. The molecule has 4 heteroatoms. The molecule has 4 nitrogen and oxygen atoms in total. The molecular formula is C21H30O4. The number of aryl methyl sites for hydroxylation is 2. The van der Waals surface area contributed by atoms with Crippen molar-refractivity contribution in [3.63, 3.8) is 0 Å². The first kappa shape index (κ1) is 19.5. The molecule has 0 saturated heterocycles. The van der Waals surface area contributed by atoms with E-state index < -0.39 is 11.9 Å². The van der Waals surface area contributed by atoms with E-state index in [0.29, 0.717) is 24.3 Å². The van der Waals surface area contributed by atoms with Gasteiger partial charge in [0, 0.05) is 0 Å². The molecule has 0 amide bonds. The van der Waals surface area contributed by atoms with Crippen LogP contribution in [-0.2, 0) is 22.3 Å². The van der Waals surface area contributed by atoms with Crippen molar-refractivity contribution in [2.45, 2.75) is 71.6 Å². The smallest absolute Gasteiger partial charge is 0.339 e. The maximum atomic E-state index is 12.6. The molecule has 0 atom stereocenters.